The van der Waals surface area contributed by atoms with Gasteiger partial charge < -0.3 is 5.73 Å². The summed E-state index contributed by atoms with van der Waals surface area (Å²) in [4.78, 5) is 0. The van der Waals surface area contributed by atoms with E-state index in [0.717, 1.165) is 42.9 Å². The molecular formula is C10H16N6O. The Morgan fingerprint density at radius 3 is 2.94 bits per heavy atom. The van der Waals surface area contributed by atoms with Crippen molar-refractivity contribution in [3.05, 3.63) is 23.3 Å². The highest BCUT2D eigenvalue weighted by Crippen LogP contribution is 2.05. The molecule has 2 aromatic heterocycles. The van der Waals surface area contributed by atoms with E-state index in [9.17, 15) is 0 Å². The van der Waals surface area contributed by atoms with Crippen LogP contribution in [-0.4, -0.2) is 31.9 Å². The normalized spacial score (nSPS) is 10.9. The third-order valence-corrected chi connectivity index (χ3v) is 2.53. The highest BCUT2D eigenvalue weighted by Gasteiger charge is 2.07. The molecule has 17 heavy (non-hydrogen) atoms. The van der Waals surface area contributed by atoms with Crippen molar-refractivity contribution in [2.75, 3.05) is 6.54 Å². The number of hydrogen-bond donors (Lipinski definition) is 1. The zero-order valence-electron chi connectivity index (χ0n) is 9.83. The summed E-state index contributed by atoms with van der Waals surface area (Å²) in [5.74, 6) is 0. The Bertz CT molecular complexity index is 463. The van der Waals surface area contributed by atoms with Gasteiger partial charge in [0.15, 0.2) is 0 Å². The fourth-order valence-corrected chi connectivity index (χ4v) is 1.53. The maximum Gasteiger partial charge on any atom is 0.129 e. The first kappa shape index (κ1) is 11.7. The Kier molecular flexibility index (Phi) is 3.81. The van der Waals surface area contributed by atoms with Gasteiger partial charge in [-0.1, -0.05) is 15.5 Å². The minimum absolute atomic E-state index is 0.541. The SMILES string of the molecule is Cc1nonc1Cn1cc(CCCCN)nn1. The first-order chi connectivity index (χ1) is 8.29. The number of unbranched alkanes of at least 4 members (excludes halogenated alkanes) is 1. The van der Waals surface area contributed by atoms with E-state index < -0.39 is 0 Å². The maximum absolute atomic E-state index is 5.44. The van der Waals surface area contributed by atoms with Gasteiger partial charge in [-0.05, 0) is 32.7 Å². The minimum Gasteiger partial charge on any atom is -0.330 e. The molecule has 0 spiro atoms. The summed E-state index contributed by atoms with van der Waals surface area (Å²) < 4.78 is 6.37. The lowest BCUT2D eigenvalue weighted by Crippen LogP contribution is -2.02. The second-order valence-electron chi connectivity index (χ2n) is 3.95. The molecule has 7 heteroatoms. The molecular weight excluding hydrogens is 220 g/mol. The van der Waals surface area contributed by atoms with Crippen LogP contribution in [0.2, 0.25) is 0 Å². The third kappa shape index (κ3) is 3.10. The molecule has 0 amide bonds. The molecule has 2 aromatic rings. The Hall–Kier alpha value is -1.76. The highest BCUT2D eigenvalue weighted by molar-refractivity contribution is 5.05. The van der Waals surface area contributed by atoms with E-state index >= 15 is 0 Å². The number of hydrogen-bond acceptors (Lipinski definition) is 6. The van der Waals surface area contributed by atoms with Crippen LogP contribution < -0.4 is 5.73 Å². The molecule has 7 nitrogen and oxygen atoms in total. The number of nitrogens with zero attached hydrogens (tertiary/aromatic N) is 5. The van der Waals surface area contributed by atoms with Crippen molar-refractivity contribution in [2.45, 2.75) is 32.7 Å². The lowest BCUT2D eigenvalue weighted by molar-refractivity contribution is 0.300. The molecule has 2 heterocycles. The number of aryl methyl sites for hydroxylation is 2. The number of rotatable bonds is 6. The van der Waals surface area contributed by atoms with Gasteiger partial charge in [0.1, 0.15) is 11.4 Å². The molecule has 92 valence electrons. The van der Waals surface area contributed by atoms with Crippen LogP contribution in [0.3, 0.4) is 0 Å². The molecule has 0 radical (unpaired) electrons. The van der Waals surface area contributed by atoms with Crippen LogP contribution in [0.15, 0.2) is 10.8 Å². The summed E-state index contributed by atoms with van der Waals surface area (Å²) >= 11 is 0. The van der Waals surface area contributed by atoms with Crippen LogP contribution >= 0.6 is 0 Å². The predicted molar refractivity (Wildman–Crippen MR) is 60.2 cm³/mol. The maximum atomic E-state index is 5.44. The lowest BCUT2D eigenvalue weighted by atomic mass is 10.2. The predicted octanol–water partition coefficient (Wildman–Crippen LogP) is 0.299. The van der Waals surface area contributed by atoms with Crippen molar-refractivity contribution in [3.8, 4) is 0 Å². The van der Waals surface area contributed by atoms with Crippen LogP contribution in [0.25, 0.3) is 0 Å². The van der Waals surface area contributed by atoms with Gasteiger partial charge in [0.2, 0.25) is 0 Å². The van der Waals surface area contributed by atoms with Crippen molar-refractivity contribution >= 4 is 0 Å². The minimum atomic E-state index is 0.541. The van der Waals surface area contributed by atoms with Gasteiger partial charge in [-0.25, -0.2) is 9.31 Å². The fraction of sp³-hybridized carbons (Fsp3) is 0.600. The summed E-state index contributed by atoms with van der Waals surface area (Å²) in [6.45, 7) is 3.11. The molecule has 0 fully saturated rings. The Balaban J connectivity index is 1.92. The van der Waals surface area contributed by atoms with E-state index in [0.29, 0.717) is 6.54 Å². The molecule has 2 rings (SSSR count). The van der Waals surface area contributed by atoms with E-state index in [4.69, 9.17) is 5.73 Å². The molecule has 0 bridgehead atoms. The number of aromatic nitrogens is 5. The first-order valence-corrected chi connectivity index (χ1v) is 5.66. The van der Waals surface area contributed by atoms with E-state index in [2.05, 4.69) is 25.3 Å². The summed E-state index contributed by atoms with van der Waals surface area (Å²) in [6.07, 6.45) is 4.89. The Labute approximate surface area is 98.9 Å². The second kappa shape index (κ2) is 5.53. The highest BCUT2D eigenvalue weighted by atomic mass is 16.6. The van der Waals surface area contributed by atoms with E-state index in [-0.39, 0.29) is 0 Å². The smallest absolute Gasteiger partial charge is 0.129 e. The van der Waals surface area contributed by atoms with Crippen LogP contribution in [0.4, 0.5) is 0 Å². The molecule has 0 aromatic carbocycles. The van der Waals surface area contributed by atoms with E-state index in [1.54, 1.807) is 4.68 Å². The summed E-state index contributed by atoms with van der Waals surface area (Å²) in [5.41, 5.74) is 7.98. The summed E-state index contributed by atoms with van der Waals surface area (Å²) in [7, 11) is 0. The van der Waals surface area contributed by atoms with Gasteiger partial charge in [0.25, 0.3) is 0 Å². The average Bonchev–Trinajstić information content (AvgIpc) is 2.91. The van der Waals surface area contributed by atoms with Gasteiger partial charge in [-0.3, -0.25) is 0 Å². The van der Waals surface area contributed by atoms with Gasteiger partial charge in [-0.15, -0.1) is 5.10 Å². The van der Waals surface area contributed by atoms with Crippen molar-refractivity contribution in [3.63, 3.8) is 0 Å². The lowest BCUT2D eigenvalue weighted by Gasteiger charge is -1.95. The quantitative estimate of drug-likeness (QED) is 0.725. The molecule has 0 unspecified atom stereocenters. The zero-order valence-corrected chi connectivity index (χ0v) is 9.83. The molecule has 0 aliphatic heterocycles. The van der Waals surface area contributed by atoms with Crippen LogP contribution in [0.1, 0.15) is 29.9 Å². The van der Waals surface area contributed by atoms with Crippen LogP contribution in [0, 0.1) is 6.92 Å². The average molecular weight is 236 g/mol. The van der Waals surface area contributed by atoms with Crippen molar-refractivity contribution < 1.29 is 4.63 Å². The largest absolute Gasteiger partial charge is 0.330 e. The molecule has 0 aliphatic rings. The molecule has 2 N–H and O–H groups in total. The van der Waals surface area contributed by atoms with Crippen LogP contribution in [0.5, 0.6) is 0 Å². The fourth-order valence-electron chi connectivity index (χ4n) is 1.53. The molecule has 0 saturated carbocycles. The molecule has 0 atom stereocenters. The van der Waals surface area contributed by atoms with Crippen LogP contribution in [-0.2, 0) is 13.0 Å². The third-order valence-electron chi connectivity index (χ3n) is 2.53. The first-order valence-electron chi connectivity index (χ1n) is 5.66. The topological polar surface area (TPSA) is 95.7 Å². The zero-order chi connectivity index (χ0) is 12.1. The van der Waals surface area contributed by atoms with E-state index in [1.807, 2.05) is 13.1 Å². The van der Waals surface area contributed by atoms with Crippen molar-refractivity contribution in [1.82, 2.24) is 25.3 Å². The van der Waals surface area contributed by atoms with Gasteiger partial charge in [0, 0.05) is 6.20 Å². The van der Waals surface area contributed by atoms with Crippen molar-refractivity contribution in [1.29, 1.82) is 0 Å². The number of nitrogens with two attached hydrogens (primary N) is 1. The van der Waals surface area contributed by atoms with Gasteiger partial charge in [0.05, 0.1) is 12.2 Å². The monoisotopic (exact) mass is 236 g/mol. The van der Waals surface area contributed by atoms with E-state index in [1.165, 1.54) is 0 Å². The molecule has 0 aliphatic carbocycles. The summed E-state index contributed by atoms with van der Waals surface area (Å²) in [6, 6.07) is 0. The van der Waals surface area contributed by atoms with Gasteiger partial charge >= 0.3 is 0 Å². The Morgan fingerprint density at radius 2 is 2.24 bits per heavy atom. The Morgan fingerprint density at radius 1 is 1.35 bits per heavy atom. The second-order valence-corrected chi connectivity index (χ2v) is 3.95. The molecule has 0 saturated heterocycles. The van der Waals surface area contributed by atoms with Crippen molar-refractivity contribution in [2.24, 2.45) is 5.73 Å². The van der Waals surface area contributed by atoms with Gasteiger partial charge in [-0.2, -0.15) is 0 Å². The standard InChI is InChI=1S/C10H16N6O/c1-8-10(14-17-13-8)7-16-6-9(12-15-16)4-2-3-5-11/h6H,2-5,7,11H2,1H3. The summed E-state index contributed by atoms with van der Waals surface area (Å²) in [5, 5.41) is 15.7.